The minimum absolute atomic E-state index is 0.158. The lowest BCUT2D eigenvalue weighted by atomic mass is 9.78. The number of benzene rings is 8. The molecule has 0 aliphatic heterocycles. The first-order chi connectivity index (χ1) is 43.5. The number of methoxy groups -OCH3 is 3. The second-order valence-electron chi connectivity index (χ2n) is 26.3. The van der Waals surface area contributed by atoms with E-state index in [4.69, 9.17) is 41.4 Å². The molecule has 16 heteroatoms. The van der Waals surface area contributed by atoms with Crippen molar-refractivity contribution in [2.75, 3.05) is 21.3 Å². The van der Waals surface area contributed by atoms with Crippen LogP contribution in [0.25, 0.3) is 0 Å². The fourth-order valence-electron chi connectivity index (χ4n) is 11.3. The van der Waals surface area contributed by atoms with Gasteiger partial charge >= 0.3 is 27.0 Å². The number of carbonyl (C=O) groups excluding carboxylic acids is 3. The van der Waals surface area contributed by atoms with Crippen molar-refractivity contribution in [1.82, 2.24) is 0 Å². The summed E-state index contributed by atoms with van der Waals surface area (Å²) in [6.07, 6.45) is 1.21. The highest BCUT2D eigenvalue weighted by atomic mass is 28.5. The number of ether oxygens (including phenoxy) is 8. The molecule has 0 spiro atoms. The van der Waals surface area contributed by atoms with Gasteiger partial charge in [-0.15, -0.1) is 0 Å². The van der Waals surface area contributed by atoms with Crippen molar-refractivity contribution >= 4 is 43.7 Å². The quantitative estimate of drug-likeness (QED) is 0.0304. The summed E-state index contributed by atoms with van der Waals surface area (Å²) < 4.78 is 56.4. The average molecular weight is 1300 g/mol. The van der Waals surface area contributed by atoms with Gasteiger partial charge in [0.05, 0.1) is 21.3 Å². The Labute approximate surface area is 548 Å². The van der Waals surface area contributed by atoms with Gasteiger partial charge in [-0.25, -0.2) is 14.4 Å². The molecule has 8 aromatic carbocycles. The van der Waals surface area contributed by atoms with E-state index >= 15 is 0 Å². The van der Waals surface area contributed by atoms with Crippen LogP contribution in [0.1, 0.15) is 104 Å². The SMILES string of the molecule is COC(=O)Oc1ccc(CCC[Si](C)(C)O[Si](C)(C)O[Si](C)(C)CCCc2ccc(OC(=O)Oc3ccc(C(C)(C)c4ccccc4)cc3)c(OC)c2)cc1OC.Cc1ccc(C(C)(C)c2ccc(OC(=O)Oc3ccc(C(C)(C)c4ccccc4)cc3)cc2)cc1. The molecular formula is C76H92O13Si3. The zero-order valence-electron chi connectivity index (χ0n) is 56.5. The number of rotatable bonds is 25. The number of carbonyl (C=O) groups is 3. The summed E-state index contributed by atoms with van der Waals surface area (Å²) in [5.74, 6) is 2.87. The molecule has 0 saturated heterocycles. The van der Waals surface area contributed by atoms with Crippen LogP contribution in [-0.4, -0.2) is 65.0 Å². The molecule has 0 heterocycles. The minimum Gasteiger partial charge on any atom is -0.493 e. The highest BCUT2D eigenvalue weighted by molar-refractivity contribution is 6.87. The van der Waals surface area contributed by atoms with Gasteiger partial charge in [-0.05, 0) is 189 Å². The standard InChI is InChI=1S/C44H60O10Si3.C32H32O3/c1-44(2,35-19-13-12-14-20-35)36-23-25-37(26-24-36)50-43(46)52-39-28-22-34(32-41(39)48-4)18-16-30-56(8,9)54-57(10,11)53-55(6,7)29-15-17-33-21-27-38(40(31-33)47-3)51-42(45)49-5;1-23-11-13-25(14-12-23)32(4,5)27-17-21-29(22-18-27)35-30(33)34-28-19-15-26(16-20-28)31(2,3)24-9-7-6-8-10-24/h12-14,19-28,31-32H,15-18,29-30H2,1-11H3;6-22H,1-5H3. The molecule has 0 N–H and O–H groups in total. The third-order valence-electron chi connectivity index (χ3n) is 16.6. The van der Waals surface area contributed by atoms with E-state index in [2.05, 4.69) is 141 Å². The van der Waals surface area contributed by atoms with E-state index in [9.17, 15) is 14.4 Å². The Kier molecular flexibility index (Phi) is 24.3. The molecule has 0 aliphatic carbocycles. The molecule has 0 amide bonds. The molecule has 8 aromatic rings. The Balaban J connectivity index is 0.000000292. The van der Waals surface area contributed by atoms with Crippen molar-refractivity contribution in [2.45, 2.75) is 142 Å². The fourth-order valence-corrected chi connectivity index (χ4v) is 25.4. The van der Waals surface area contributed by atoms with Crippen molar-refractivity contribution in [3.63, 3.8) is 0 Å². The predicted molar refractivity (Wildman–Crippen MR) is 373 cm³/mol. The van der Waals surface area contributed by atoms with Gasteiger partial charge in [0.1, 0.15) is 17.2 Å². The summed E-state index contributed by atoms with van der Waals surface area (Å²) in [6.45, 7) is 28.5. The van der Waals surface area contributed by atoms with Crippen LogP contribution >= 0.6 is 0 Å². The molecule has 0 unspecified atom stereocenters. The van der Waals surface area contributed by atoms with E-state index in [-0.39, 0.29) is 16.2 Å². The summed E-state index contributed by atoms with van der Waals surface area (Å²) in [6, 6.07) is 65.0. The van der Waals surface area contributed by atoms with Crippen molar-refractivity contribution in [3.05, 3.63) is 244 Å². The maximum absolute atomic E-state index is 12.8. The molecule has 0 fully saturated rings. The van der Waals surface area contributed by atoms with Crippen LogP contribution in [0.5, 0.6) is 40.2 Å². The lowest BCUT2D eigenvalue weighted by Gasteiger charge is -2.39. The third-order valence-corrected chi connectivity index (χ3v) is 28.1. The Morgan fingerprint density at radius 1 is 0.359 bits per heavy atom. The lowest BCUT2D eigenvalue weighted by Crippen LogP contribution is -2.52. The molecule has 0 radical (unpaired) electrons. The second-order valence-corrected chi connectivity index (χ2v) is 38.8. The van der Waals surface area contributed by atoms with Crippen LogP contribution in [-0.2, 0) is 42.1 Å². The topological polar surface area (TPSA) is 144 Å². The molecule has 13 nitrogen and oxygen atoms in total. The summed E-state index contributed by atoms with van der Waals surface area (Å²) in [5.41, 5.74) is 9.93. The van der Waals surface area contributed by atoms with Gasteiger partial charge < -0.3 is 46.1 Å². The van der Waals surface area contributed by atoms with Crippen LogP contribution in [0.15, 0.2) is 194 Å². The molecule has 0 saturated carbocycles. The Morgan fingerprint density at radius 2 is 0.663 bits per heavy atom. The molecule has 0 bridgehead atoms. The predicted octanol–water partition coefficient (Wildman–Crippen LogP) is 19.7. The van der Waals surface area contributed by atoms with E-state index in [0.717, 1.165) is 65.6 Å². The molecular weight excluding hydrogens is 1210 g/mol. The maximum Gasteiger partial charge on any atom is 0.519 e. The van der Waals surface area contributed by atoms with Crippen molar-refractivity contribution in [1.29, 1.82) is 0 Å². The third kappa shape index (κ3) is 20.4. The van der Waals surface area contributed by atoms with Gasteiger partial charge in [-0.1, -0.05) is 181 Å². The van der Waals surface area contributed by atoms with Crippen LogP contribution in [0, 0.1) is 6.92 Å². The van der Waals surface area contributed by atoms with Gasteiger partial charge in [0.15, 0.2) is 39.6 Å². The van der Waals surface area contributed by atoms with Crippen LogP contribution in [0.2, 0.25) is 51.4 Å². The lowest BCUT2D eigenvalue weighted by molar-refractivity contribution is 0.120. The van der Waals surface area contributed by atoms with E-state index in [1.54, 1.807) is 62.8 Å². The van der Waals surface area contributed by atoms with E-state index in [1.165, 1.54) is 29.4 Å². The van der Waals surface area contributed by atoms with Crippen molar-refractivity contribution < 1.29 is 60.5 Å². The summed E-state index contributed by atoms with van der Waals surface area (Å²) in [5, 5.41) is 0. The van der Waals surface area contributed by atoms with E-state index < -0.39 is 43.7 Å². The molecule has 0 atom stereocenters. The summed E-state index contributed by atoms with van der Waals surface area (Å²) in [4.78, 5) is 36.7. The zero-order chi connectivity index (χ0) is 66.9. The molecule has 8 rings (SSSR count). The van der Waals surface area contributed by atoms with Crippen molar-refractivity contribution in [3.8, 4) is 40.2 Å². The summed E-state index contributed by atoms with van der Waals surface area (Å²) in [7, 11) is -2.10. The van der Waals surface area contributed by atoms with E-state index in [1.807, 2.05) is 97.1 Å². The average Bonchev–Trinajstić information content (AvgIpc) is 0.868. The number of hydrogen-bond acceptors (Lipinski definition) is 13. The monoisotopic (exact) mass is 1300 g/mol. The zero-order valence-corrected chi connectivity index (χ0v) is 59.5. The largest absolute Gasteiger partial charge is 0.519 e. The van der Waals surface area contributed by atoms with Gasteiger partial charge in [-0.3, -0.25) is 0 Å². The molecule has 0 aromatic heterocycles. The van der Waals surface area contributed by atoms with Crippen molar-refractivity contribution in [2.24, 2.45) is 0 Å². The number of hydrogen-bond donors (Lipinski definition) is 0. The first-order valence-corrected chi connectivity index (χ1v) is 40.4. The van der Waals surface area contributed by atoms with Crippen LogP contribution < -0.4 is 33.2 Å². The number of aryl methyl sites for hydroxylation is 3. The van der Waals surface area contributed by atoms with Gasteiger partial charge in [-0.2, -0.15) is 0 Å². The summed E-state index contributed by atoms with van der Waals surface area (Å²) >= 11 is 0. The van der Waals surface area contributed by atoms with Gasteiger partial charge in [0.2, 0.25) is 0 Å². The maximum atomic E-state index is 12.8. The molecule has 0 aliphatic rings. The van der Waals surface area contributed by atoms with Crippen LogP contribution in [0.3, 0.4) is 0 Å². The smallest absolute Gasteiger partial charge is 0.493 e. The van der Waals surface area contributed by atoms with Gasteiger partial charge in [0, 0.05) is 16.2 Å². The Bertz CT molecular complexity index is 3680. The van der Waals surface area contributed by atoms with E-state index in [0.29, 0.717) is 40.2 Å². The highest BCUT2D eigenvalue weighted by Crippen LogP contribution is 2.37. The highest BCUT2D eigenvalue weighted by Gasteiger charge is 2.39. The van der Waals surface area contributed by atoms with Crippen LogP contribution in [0.4, 0.5) is 14.4 Å². The first-order valence-electron chi connectivity index (χ1n) is 31.3. The first kappa shape index (κ1) is 71.2. The Morgan fingerprint density at radius 3 is 0.989 bits per heavy atom. The molecule has 92 heavy (non-hydrogen) atoms. The second kappa shape index (κ2) is 31.4. The van der Waals surface area contributed by atoms with Gasteiger partial charge in [0.25, 0.3) is 0 Å². The normalized spacial score (nSPS) is 12.0. The molecule has 486 valence electrons. The Hall–Kier alpha value is -8.26. The fraction of sp³-hybridized carbons (Fsp3) is 0.329. The minimum atomic E-state index is -2.40.